The Morgan fingerprint density at radius 3 is 2.39 bits per heavy atom. The Bertz CT molecular complexity index is 570. The van der Waals surface area contributed by atoms with Crippen molar-refractivity contribution in [3.63, 3.8) is 0 Å². The smallest absolute Gasteiger partial charge is 0.358 e. The van der Waals surface area contributed by atoms with Gasteiger partial charge in [0.05, 0.1) is 0 Å². The molecule has 2 aromatic rings. The number of hydrogen-bond donors (Lipinski definition) is 1. The number of carboxylic acids is 1. The predicted octanol–water partition coefficient (Wildman–Crippen LogP) is 2.53. The number of carboxylic acid groups (broad SMARTS) is 1. The third-order valence-electron chi connectivity index (χ3n) is 2.71. The Labute approximate surface area is 105 Å². The fourth-order valence-corrected chi connectivity index (χ4v) is 1.78. The highest BCUT2D eigenvalue weighted by Gasteiger charge is 2.21. The zero-order chi connectivity index (χ0) is 13.3. The Morgan fingerprint density at radius 2 is 1.89 bits per heavy atom. The van der Waals surface area contributed by atoms with E-state index in [1.165, 1.54) is 0 Å². The third-order valence-corrected chi connectivity index (χ3v) is 2.71. The second kappa shape index (κ2) is 4.60. The molecule has 0 bridgehead atoms. The molecular formula is C13H15N3O2. The molecule has 5 heteroatoms. The first-order valence-electron chi connectivity index (χ1n) is 5.76. The maximum atomic E-state index is 11.2. The lowest BCUT2D eigenvalue weighted by molar-refractivity contribution is 0.0691. The molecule has 1 N–H and O–H groups in total. The largest absolute Gasteiger partial charge is 0.476 e. The van der Waals surface area contributed by atoms with Crippen LogP contribution in [0.25, 0.3) is 11.3 Å². The van der Waals surface area contributed by atoms with Gasteiger partial charge in [-0.05, 0) is 20.8 Å². The van der Waals surface area contributed by atoms with E-state index < -0.39 is 5.97 Å². The van der Waals surface area contributed by atoms with Crippen molar-refractivity contribution in [3.8, 4) is 11.3 Å². The lowest BCUT2D eigenvalue weighted by Crippen LogP contribution is -2.07. The molecule has 1 heterocycles. The zero-order valence-electron chi connectivity index (χ0n) is 10.6. The van der Waals surface area contributed by atoms with Crippen LogP contribution in [0.5, 0.6) is 0 Å². The Balaban J connectivity index is 2.63. The number of carbonyl (C=O) groups is 1. The van der Waals surface area contributed by atoms with E-state index in [1.54, 1.807) is 4.68 Å². The molecule has 0 unspecified atom stereocenters. The van der Waals surface area contributed by atoms with Gasteiger partial charge in [0.2, 0.25) is 0 Å². The van der Waals surface area contributed by atoms with Crippen molar-refractivity contribution in [2.45, 2.75) is 26.8 Å². The van der Waals surface area contributed by atoms with Crippen LogP contribution in [0.2, 0.25) is 0 Å². The van der Waals surface area contributed by atoms with Gasteiger partial charge in [-0.3, -0.25) is 0 Å². The number of benzene rings is 1. The van der Waals surface area contributed by atoms with Gasteiger partial charge in [-0.25, -0.2) is 9.48 Å². The summed E-state index contributed by atoms with van der Waals surface area (Å²) in [7, 11) is 0. The normalized spacial score (nSPS) is 10.9. The monoisotopic (exact) mass is 245 g/mol. The second-order valence-electron chi connectivity index (χ2n) is 4.50. The minimum absolute atomic E-state index is 0.00690. The fraction of sp³-hybridized carbons (Fsp3) is 0.308. The number of aromatic nitrogens is 3. The first kappa shape index (κ1) is 12.3. The first-order valence-corrected chi connectivity index (χ1v) is 5.76. The van der Waals surface area contributed by atoms with Gasteiger partial charge >= 0.3 is 5.97 Å². The highest BCUT2D eigenvalue weighted by atomic mass is 16.4. The Kier molecular flexibility index (Phi) is 3.14. The van der Waals surface area contributed by atoms with Crippen LogP contribution in [-0.2, 0) is 0 Å². The van der Waals surface area contributed by atoms with Gasteiger partial charge in [0, 0.05) is 11.6 Å². The van der Waals surface area contributed by atoms with Crippen LogP contribution in [0.4, 0.5) is 0 Å². The summed E-state index contributed by atoms with van der Waals surface area (Å²) >= 11 is 0. The van der Waals surface area contributed by atoms with Gasteiger partial charge in [0.1, 0.15) is 5.69 Å². The third kappa shape index (κ3) is 2.11. The van der Waals surface area contributed by atoms with Gasteiger partial charge in [-0.2, -0.15) is 0 Å². The molecule has 0 spiro atoms. The minimum atomic E-state index is -1.06. The lowest BCUT2D eigenvalue weighted by Gasteiger charge is -2.10. The molecule has 2 rings (SSSR count). The van der Waals surface area contributed by atoms with Crippen molar-refractivity contribution < 1.29 is 9.90 Å². The number of nitrogens with zero attached hydrogens (tertiary/aromatic N) is 3. The SMILES string of the molecule is Cc1ccc(-c2c(C(=O)O)nnn2C(C)C)cc1. The van der Waals surface area contributed by atoms with Gasteiger partial charge in [-0.15, -0.1) is 5.10 Å². The van der Waals surface area contributed by atoms with E-state index in [0.29, 0.717) is 5.69 Å². The molecule has 0 aliphatic heterocycles. The second-order valence-corrected chi connectivity index (χ2v) is 4.50. The van der Waals surface area contributed by atoms with Crippen molar-refractivity contribution in [1.29, 1.82) is 0 Å². The molecule has 5 nitrogen and oxygen atoms in total. The van der Waals surface area contributed by atoms with Crippen LogP contribution in [0, 0.1) is 6.92 Å². The Morgan fingerprint density at radius 1 is 1.28 bits per heavy atom. The Hall–Kier alpha value is -2.17. The minimum Gasteiger partial charge on any atom is -0.476 e. The van der Waals surface area contributed by atoms with Gasteiger partial charge in [0.15, 0.2) is 5.69 Å². The topological polar surface area (TPSA) is 68.0 Å². The summed E-state index contributed by atoms with van der Waals surface area (Å²) in [5, 5.41) is 16.8. The fourth-order valence-electron chi connectivity index (χ4n) is 1.78. The molecule has 1 aromatic heterocycles. The molecular weight excluding hydrogens is 230 g/mol. The summed E-state index contributed by atoms with van der Waals surface area (Å²) < 4.78 is 1.63. The molecule has 0 aliphatic carbocycles. The van der Waals surface area contributed by atoms with Crippen LogP contribution in [0.3, 0.4) is 0 Å². The van der Waals surface area contributed by atoms with Crippen LogP contribution >= 0.6 is 0 Å². The molecule has 0 radical (unpaired) electrons. The van der Waals surface area contributed by atoms with Gasteiger partial charge in [-0.1, -0.05) is 35.0 Å². The van der Waals surface area contributed by atoms with Gasteiger partial charge < -0.3 is 5.11 Å². The highest BCUT2D eigenvalue weighted by molar-refractivity contribution is 5.92. The lowest BCUT2D eigenvalue weighted by atomic mass is 10.1. The predicted molar refractivity (Wildman–Crippen MR) is 67.5 cm³/mol. The first-order chi connectivity index (χ1) is 8.50. The zero-order valence-corrected chi connectivity index (χ0v) is 10.6. The van der Waals surface area contributed by atoms with E-state index in [0.717, 1.165) is 11.1 Å². The average molecular weight is 245 g/mol. The average Bonchev–Trinajstić information content (AvgIpc) is 2.74. The number of aromatic carboxylic acids is 1. The molecule has 0 amide bonds. The van der Waals surface area contributed by atoms with Crippen molar-refractivity contribution in [3.05, 3.63) is 35.5 Å². The van der Waals surface area contributed by atoms with E-state index in [9.17, 15) is 4.79 Å². The van der Waals surface area contributed by atoms with E-state index >= 15 is 0 Å². The standard InChI is InChI=1S/C13H15N3O2/c1-8(2)16-12(11(13(17)18)14-15-16)10-6-4-9(3)5-7-10/h4-8H,1-3H3,(H,17,18). The molecule has 18 heavy (non-hydrogen) atoms. The summed E-state index contributed by atoms with van der Waals surface area (Å²) in [6, 6.07) is 7.72. The van der Waals surface area contributed by atoms with Crippen molar-refractivity contribution in [2.75, 3.05) is 0 Å². The quantitative estimate of drug-likeness (QED) is 0.902. The molecule has 0 saturated heterocycles. The van der Waals surface area contributed by atoms with Crippen LogP contribution in [0.1, 0.15) is 35.9 Å². The van der Waals surface area contributed by atoms with E-state index in [2.05, 4.69) is 10.3 Å². The summed E-state index contributed by atoms with van der Waals surface area (Å²) in [6.45, 7) is 5.87. The summed E-state index contributed by atoms with van der Waals surface area (Å²) in [6.07, 6.45) is 0. The van der Waals surface area contributed by atoms with E-state index in [1.807, 2.05) is 45.0 Å². The number of hydrogen-bond acceptors (Lipinski definition) is 3. The number of rotatable bonds is 3. The summed E-state index contributed by atoms with van der Waals surface area (Å²) in [4.78, 5) is 11.2. The van der Waals surface area contributed by atoms with Crippen LogP contribution in [0.15, 0.2) is 24.3 Å². The summed E-state index contributed by atoms with van der Waals surface area (Å²) in [5.41, 5.74) is 2.49. The van der Waals surface area contributed by atoms with Crippen LogP contribution in [-0.4, -0.2) is 26.1 Å². The molecule has 0 saturated carbocycles. The van der Waals surface area contributed by atoms with Crippen molar-refractivity contribution in [1.82, 2.24) is 15.0 Å². The van der Waals surface area contributed by atoms with Crippen molar-refractivity contribution >= 4 is 5.97 Å². The molecule has 0 fully saturated rings. The molecule has 0 aliphatic rings. The van der Waals surface area contributed by atoms with Gasteiger partial charge in [0.25, 0.3) is 0 Å². The summed E-state index contributed by atoms with van der Waals surface area (Å²) in [5.74, 6) is -1.06. The molecule has 94 valence electrons. The number of aryl methyl sites for hydroxylation is 1. The highest BCUT2D eigenvalue weighted by Crippen LogP contribution is 2.25. The van der Waals surface area contributed by atoms with E-state index in [-0.39, 0.29) is 11.7 Å². The van der Waals surface area contributed by atoms with Crippen molar-refractivity contribution in [2.24, 2.45) is 0 Å². The maximum Gasteiger partial charge on any atom is 0.358 e. The van der Waals surface area contributed by atoms with Crippen LogP contribution < -0.4 is 0 Å². The maximum absolute atomic E-state index is 11.2. The molecule has 0 atom stereocenters. The molecule has 1 aromatic carbocycles. The van der Waals surface area contributed by atoms with E-state index in [4.69, 9.17) is 5.11 Å².